The van der Waals surface area contributed by atoms with Crippen LogP contribution in [0, 0.1) is 0 Å². The maximum absolute atomic E-state index is 12.9. The lowest BCUT2D eigenvalue weighted by Crippen LogP contribution is -2.39. The molecule has 0 bridgehead atoms. The second-order valence-electron chi connectivity index (χ2n) is 7.72. The van der Waals surface area contributed by atoms with Gasteiger partial charge >= 0.3 is 0 Å². The molecule has 29 heavy (non-hydrogen) atoms. The Kier molecular flexibility index (Phi) is 7.47. The van der Waals surface area contributed by atoms with Crippen molar-refractivity contribution in [2.45, 2.75) is 31.7 Å². The number of likely N-dealkylation sites (tertiary alicyclic amines) is 1. The summed E-state index contributed by atoms with van der Waals surface area (Å²) in [6, 6.07) is 12.0. The fourth-order valence-electron chi connectivity index (χ4n) is 3.91. The van der Waals surface area contributed by atoms with Crippen molar-refractivity contribution in [3.05, 3.63) is 53.7 Å². The predicted molar refractivity (Wildman–Crippen MR) is 117 cm³/mol. The molecule has 1 N–H and O–H groups in total. The highest BCUT2D eigenvalue weighted by molar-refractivity contribution is 5.98. The smallest absolute Gasteiger partial charge is 0.255 e. The normalized spacial score (nSPS) is 16.0. The highest BCUT2D eigenvalue weighted by Crippen LogP contribution is 2.26. The van der Waals surface area contributed by atoms with Crippen molar-refractivity contribution in [2.75, 3.05) is 45.7 Å². The van der Waals surface area contributed by atoms with Gasteiger partial charge in [0.1, 0.15) is 11.6 Å². The van der Waals surface area contributed by atoms with Crippen LogP contribution < -0.4 is 15.0 Å². The largest absolute Gasteiger partial charge is 0.497 e. The molecular weight excluding hydrogens is 364 g/mol. The first-order valence-corrected chi connectivity index (χ1v) is 10.4. The number of nitrogens with zero attached hydrogens (tertiary/aromatic N) is 3. The van der Waals surface area contributed by atoms with Gasteiger partial charge in [0, 0.05) is 26.8 Å². The number of carbonyl (C=O) groups is 1. The molecule has 1 unspecified atom stereocenters. The van der Waals surface area contributed by atoms with Crippen molar-refractivity contribution in [1.29, 1.82) is 0 Å². The number of carbonyl (C=O) groups excluding carboxylic acids is 1. The fourth-order valence-corrected chi connectivity index (χ4v) is 3.91. The minimum atomic E-state index is -0.0878. The lowest BCUT2D eigenvalue weighted by molar-refractivity contribution is 0.0933. The van der Waals surface area contributed by atoms with Crippen LogP contribution >= 0.6 is 0 Å². The van der Waals surface area contributed by atoms with E-state index in [1.54, 1.807) is 19.4 Å². The Labute approximate surface area is 173 Å². The van der Waals surface area contributed by atoms with Gasteiger partial charge in [-0.15, -0.1) is 0 Å². The molecule has 2 aromatic rings. The molecule has 3 rings (SSSR count). The van der Waals surface area contributed by atoms with Crippen molar-refractivity contribution < 1.29 is 9.53 Å². The summed E-state index contributed by atoms with van der Waals surface area (Å²) in [5.74, 6) is 1.44. The predicted octanol–water partition coefficient (Wildman–Crippen LogP) is 3.50. The van der Waals surface area contributed by atoms with Crippen LogP contribution in [0.3, 0.4) is 0 Å². The van der Waals surface area contributed by atoms with Gasteiger partial charge in [0.25, 0.3) is 5.91 Å². The number of hydrogen-bond acceptors (Lipinski definition) is 5. The molecule has 0 spiro atoms. The number of amides is 1. The van der Waals surface area contributed by atoms with Gasteiger partial charge in [0.2, 0.25) is 0 Å². The summed E-state index contributed by atoms with van der Waals surface area (Å²) in [7, 11) is 5.48. The third-order valence-corrected chi connectivity index (χ3v) is 5.49. The van der Waals surface area contributed by atoms with E-state index in [0.717, 1.165) is 18.8 Å². The van der Waals surface area contributed by atoms with Crippen LogP contribution in [-0.4, -0.2) is 56.6 Å². The average Bonchev–Trinajstić information content (AvgIpc) is 3.03. The first-order valence-electron chi connectivity index (χ1n) is 10.4. The molecule has 1 amide bonds. The fraction of sp³-hybridized carbons (Fsp3) is 0.478. The number of methoxy groups -OCH3 is 1. The van der Waals surface area contributed by atoms with E-state index < -0.39 is 0 Å². The summed E-state index contributed by atoms with van der Waals surface area (Å²) in [5, 5.41) is 3.16. The highest BCUT2D eigenvalue weighted by Gasteiger charge is 2.23. The standard InChI is InChI=1S/C23H32N4O2/c1-26(2)22-20(9-8-14-24-22)23(28)25-17-21(27-15-6-4-5-7-16-27)18-10-12-19(29-3)13-11-18/h8-14,21H,4-7,15-17H2,1-3H3,(H,25,28). The number of hydrogen-bond donors (Lipinski definition) is 1. The van der Waals surface area contributed by atoms with Gasteiger partial charge in [0.15, 0.2) is 0 Å². The molecule has 1 aliphatic heterocycles. The van der Waals surface area contributed by atoms with Crippen molar-refractivity contribution >= 4 is 11.7 Å². The van der Waals surface area contributed by atoms with Gasteiger partial charge in [-0.25, -0.2) is 4.98 Å². The molecule has 0 saturated carbocycles. The van der Waals surface area contributed by atoms with Gasteiger partial charge in [-0.1, -0.05) is 25.0 Å². The number of anilines is 1. The third-order valence-electron chi connectivity index (χ3n) is 5.49. The second kappa shape index (κ2) is 10.3. The quantitative estimate of drug-likeness (QED) is 0.776. The summed E-state index contributed by atoms with van der Waals surface area (Å²) < 4.78 is 5.31. The van der Waals surface area contributed by atoms with Gasteiger partial charge in [-0.05, 0) is 55.8 Å². The Morgan fingerprint density at radius 1 is 1.14 bits per heavy atom. The Bertz CT molecular complexity index is 784. The average molecular weight is 397 g/mol. The van der Waals surface area contributed by atoms with E-state index in [2.05, 4.69) is 27.3 Å². The highest BCUT2D eigenvalue weighted by atomic mass is 16.5. The molecule has 1 fully saturated rings. The van der Waals surface area contributed by atoms with Gasteiger partial charge in [-0.3, -0.25) is 9.69 Å². The van der Waals surface area contributed by atoms with E-state index in [1.807, 2.05) is 37.2 Å². The molecule has 6 nitrogen and oxygen atoms in total. The number of pyridine rings is 1. The first kappa shape index (κ1) is 21.1. The number of ether oxygens (including phenoxy) is 1. The minimum Gasteiger partial charge on any atom is -0.497 e. The maximum Gasteiger partial charge on any atom is 0.255 e. The number of rotatable bonds is 7. The van der Waals surface area contributed by atoms with Crippen molar-refractivity contribution in [3.63, 3.8) is 0 Å². The molecule has 2 heterocycles. The molecule has 1 atom stereocenters. The zero-order chi connectivity index (χ0) is 20.6. The molecule has 1 aromatic heterocycles. The molecule has 0 aliphatic carbocycles. The molecule has 156 valence electrons. The Hall–Kier alpha value is -2.60. The van der Waals surface area contributed by atoms with E-state index in [0.29, 0.717) is 17.9 Å². The molecular formula is C23H32N4O2. The molecule has 1 saturated heterocycles. The number of nitrogens with one attached hydrogen (secondary N) is 1. The van der Waals surface area contributed by atoms with Gasteiger partial charge in [0.05, 0.1) is 18.7 Å². The summed E-state index contributed by atoms with van der Waals surface area (Å²) in [5.41, 5.74) is 1.80. The minimum absolute atomic E-state index is 0.0878. The van der Waals surface area contributed by atoms with Crippen LogP contribution in [-0.2, 0) is 0 Å². The Balaban J connectivity index is 1.78. The summed E-state index contributed by atoms with van der Waals surface area (Å²) >= 11 is 0. The van der Waals surface area contributed by atoms with Crippen molar-refractivity contribution in [1.82, 2.24) is 15.2 Å². The Morgan fingerprint density at radius 2 is 1.83 bits per heavy atom. The Morgan fingerprint density at radius 3 is 2.45 bits per heavy atom. The zero-order valence-electron chi connectivity index (χ0n) is 17.7. The number of benzene rings is 1. The summed E-state index contributed by atoms with van der Waals surface area (Å²) in [6.45, 7) is 2.68. The summed E-state index contributed by atoms with van der Waals surface area (Å²) in [6.07, 6.45) is 6.67. The third kappa shape index (κ3) is 5.48. The van der Waals surface area contributed by atoms with Crippen LogP contribution in [0.5, 0.6) is 5.75 Å². The van der Waals surface area contributed by atoms with Gasteiger partial charge in [-0.2, -0.15) is 0 Å². The lowest BCUT2D eigenvalue weighted by atomic mass is 10.0. The van der Waals surface area contributed by atoms with Crippen LogP contribution in [0.4, 0.5) is 5.82 Å². The van der Waals surface area contributed by atoms with E-state index in [9.17, 15) is 4.79 Å². The molecule has 6 heteroatoms. The van der Waals surface area contributed by atoms with Crippen molar-refractivity contribution in [2.24, 2.45) is 0 Å². The van der Waals surface area contributed by atoms with Crippen LogP contribution in [0.2, 0.25) is 0 Å². The van der Waals surface area contributed by atoms with Crippen LogP contribution in [0.25, 0.3) is 0 Å². The first-order chi connectivity index (χ1) is 14.1. The van der Waals surface area contributed by atoms with E-state index in [-0.39, 0.29) is 11.9 Å². The van der Waals surface area contributed by atoms with Crippen LogP contribution in [0.1, 0.15) is 47.6 Å². The van der Waals surface area contributed by atoms with Gasteiger partial charge < -0.3 is 15.0 Å². The van der Waals surface area contributed by atoms with Crippen LogP contribution in [0.15, 0.2) is 42.6 Å². The molecule has 1 aliphatic rings. The summed E-state index contributed by atoms with van der Waals surface area (Å²) in [4.78, 5) is 21.7. The number of aromatic nitrogens is 1. The molecule has 0 radical (unpaired) electrons. The lowest BCUT2D eigenvalue weighted by Gasteiger charge is -2.31. The molecule has 1 aromatic carbocycles. The van der Waals surface area contributed by atoms with Crippen molar-refractivity contribution in [3.8, 4) is 5.75 Å². The van der Waals surface area contributed by atoms with E-state index in [1.165, 1.54) is 31.2 Å². The monoisotopic (exact) mass is 396 g/mol. The van der Waals surface area contributed by atoms with E-state index in [4.69, 9.17) is 4.74 Å². The van der Waals surface area contributed by atoms with E-state index >= 15 is 0 Å². The topological polar surface area (TPSA) is 57.7 Å². The SMILES string of the molecule is COc1ccc(C(CNC(=O)c2cccnc2N(C)C)N2CCCCCC2)cc1. The second-order valence-corrected chi connectivity index (χ2v) is 7.72. The maximum atomic E-state index is 12.9. The zero-order valence-corrected chi connectivity index (χ0v) is 17.7.